The van der Waals surface area contributed by atoms with Crippen molar-refractivity contribution in [3.05, 3.63) is 76.2 Å². The number of rotatable bonds is 2. The molecule has 0 N–H and O–H groups in total. The topological polar surface area (TPSA) is 85.9 Å². The molecule has 0 aliphatic carbocycles. The molecule has 2 aromatic carbocycles. The van der Waals surface area contributed by atoms with Gasteiger partial charge in [0.05, 0.1) is 17.6 Å². The minimum Gasteiger partial charge on any atom is -0.279 e. The molecule has 1 aliphatic heterocycles. The van der Waals surface area contributed by atoms with Gasteiger partial charge in [-0.2, -0.15) is 5.10 Å². The molecule has 0 fully saturated rings. The molecule has 0 unspecified atom stereocenters. The number of amides is 1. The maximum Gasteiger partial charge on any atom is 0.281 e. The number of hydrogen-bond donors (Lipinski definition) is 0. The molecule has 8 nitrogen and oxygen atoms in total. The number of para-hydroxylation sites is 2. The lowest BCUT2D eigenvalue weighted by molar-refractivity contribution is -0.118. The molecule has 0 saturated heterocycles. The van der Waals surface area contributed by atoms with Crippen molar-refractivity contribution in [3.8, 4) is 0 Å². The smallest absolute Gasteiger partial charge is 0.279 e. The molecule has 5 rings (SSSR count). The van der Waals surface area contributed by atoms with Crippen molar-refractivity contribution in [3.63, 3.8) is 0 Å². The van der Waals surface area contributed by atoms with Crippen LogP contribution in [0.2, 0.25) is 0 Å². The molecule has 4 aromatic rings. The Balaban J connectivity index is 1.60. The van der Waals surface area contributed by atoms with Gasteiger partial charge in [0, 0.05) is 7.05 Å². The largest absolute Gasteiger partial charge is 0.281 e. The summed E-state index contributed by atoms with van der Waals surface area (Å²) in [5, 5.41) is 12.4. The SMILES string of the molecule is Cn1ncc2c(=O)n(CC(=O)N3c4ccccc4CCc4ccccc43)nnc21. The summed E-state index contributed by atoms with van der Waals surface area (Å²) in [7, 11) is 1.69. The molecular formula is C21H18N6O2. The van der Waals surface area contributed by atoms with Crippen molar-refractivity contribution in [1.82, 2.24) is 24.8 Å². The maximum absolute atomic E-state index is 13.4. The summed E-state index contributed by atoms with van der Waals surface area (Å²) in [6.07, 6.45) is 3.14. The van der Waals surface area contributed by atoms with Crippen molar-refractivity contribution >= 4 is 28.3 Å². The standard InChI is InChI=1S/C21H18N6O2/c1-25-20-16(12-22-25)21(29)26(24-23-20)13-19(28)27-17-8-4-2-6-14(17)10-11-15-7-3-5-9-18(15)27/h2-9,12H,10-11,13H2,1H3. The second-order valence-electron chi connectivity index (χ2n) is 7.04. The van der Waals surface area contributed by atoms with E-state index in [9.17, 15) is 9.59 Å². The minimum absolute atomic E-state index is 0.209. The average molecular weight is 386 g/mol. The molecule has 0 atom stereocenters. The normalized spacial score (nSPS) is 13.1. The molecular weight excluding hydrogens is 368 g/mol. The fourth-order valence-electron chi connectivity index (χ4n) is 3.83. The monoisotopic (exact) mass is 386 g/mol. The van der Waals surface area contributed by atoms with E-state index in [1.54, 1.807) is 11.9 Å². The fraction of sp³-hybridized carbons (Fsp3) is 0.190. The van der Waals surface area contributed by atoms with Gasteiger partial charge in [-0.3, -0.25) is 14.5 Å². The molecule has 2 aromatic heterocycles. The van der Waals surface area contributed by atoms with Crippen LogP contribution in [0.4, 0.5) is 11.4 Å². The molecule has 8 heteroatoms. The minimum atomic E-state index is -0.382. The van der Waals surface area contributed by atoms with Gasteiger partial charge in [-0.1, -0.05) is 41.6 Å². The van der Waals surface area contributed by atoms with Gasteiger partial charge in [-0.15, -0.1) is 5.10 Å². The van der Waals surface area contributed by atoms with Crippen LogP contribution in [-0.2, 0) is 31.2 Å². The first kappa shape index (κ1) is 17.3. The summed E-state index contributed by atoms with van der Waals surface area (Å²) in [5.74, 6) is -0.244. The van der Waals surface area contributed by atoms with Crippen LogP contribution in [0.5, 0.6) is 0 Å². The highest BCUT2D eigenvalue weighted by atomic mass is 16.2. The Labute approximate surface area is 166 Å². The maximum atomic E-state index is 13.4. The zero-order valence-corrected chi connectivity index (χ0v) is 15.8. The highest BCUT2D eigenvalue weighted by Crippen LogP contribution is 2.36. The molecule has 0 spiro atoms. The van der Waals surface area contributed by atoms with Crippen LogP contribution < -0.4 is 10.5 Å². The highest BCUT2D eigenvalue weighted by molar-refractivity contribution is 6.02. The zero-order valence-electron chi connectivity index (χ0n) is 15.8. The summed E-state index contributed by atoms with van der Waals surface area (Å²) in [6.45, 7) is -0.209. The number of nitrogens with zero attached hydrogens (tertiary/aromatic N) is 6. The van der Waals surface area contributed by atoms with Gasteiger partial charge in [0.2, 0.25) is 0 Å². The summed E-state index contributed by atoms with van der Waals surface area (Å²) in [6, 6.07) is 15.7. The third-order valence-electron chi connectivity index (χ3n) is 5.28. The third kappa shape index (κ3) is 2.80. The van der Waals surface area contributed by atoms with E-state index in [-0.39, 0.29) is 18.0 Å². The lowest BCUT2D eigenvalue weighted by atomic mass is 10.0. The summed E-state index contributed by atoms with van der Waals surface area (Å²) >= 11 is 0. The molecule has 1 aliphatic rings. The molecule has 0 bridgehead atoms. The summed E-state index contributed by atoms with van der Waals surface area (Å²) in [5.41, 5.74) is 3.88. The van der Waals surface area contributed by atoms with E-state index in [2.05, 4.69) is 15.4 Å². The number of benzene rings is 2. The number of aryl methyl sites for hydroxylation is 3. The number of carbonyl (C=O) groups is 1. The fourth-order valence-corrected chi connectivity index (χ4v) is 3.83. The van der Waals surface area contributed by atoms with Gasteiger partial charge in [-0.25, -0.2) is 9.36 Å². The van der Waals surface area contributed by atoms with Crippen molar-refractivity contribution in [2.75, 3.05) is 4.90 Å². The predicted octanol–water partition coefficient (Wildman–Crippen LogP) is 1.99. The van der Waals surface area contributed by atoms with Crippen molar-refractivity contribution in [2.45, 2.75) is 19.4 Å². The highest BCUT2D eigenvalue weighted by Gasteiger charge is 2.26. The second-order valence-corrected chi connectivity index (χ2v) is 7.04. The Morgan fingerprint density at radius 2 is 1.62 bits per heavy atom. The van der Waals surface area contributed by atoms with E-state index in [0.29, 0.717) is 11.0 Å². The number of carbonyl (C=O) groups excluding carboxylic acids is 1. The third-order valence-corrected chi connectivity index (χ3v) is 5.28. The van der Waals surface area contributed by atoms with E-state index in [1.807, 2.05) is 48.5 Å². The number of hydrogen-bond acceptors (Lipinski definition) is 5. The molecule has 29 heavy (non-hydrogen) atoms. The molecule has 1 amide bonds. The van der Waals surface area contributed by atoms with E-state index in [0.717, 1.165) is 40.0 Å². The number of fused-ring (bicyclic) bond motifs is 3. The lowest BCUT2D eigenvalue weighted by Gasteiger charge is -2.25. The number of aromatic nitrogens is 5. The number of anilines is 2. The van der Waals surface area contributed by atoms with Gasteiger partial charge in [-0.05, 0) is 36.1 Å². The van der Waals surface area contributed by atoms with Crippen molar-refractivity contribution < 1.29 is 4.79 Å². The van der Waals surface area contributed by atoms with E-state index >= 15 is 0 Å². The first-order valence-electron chi connectivity index (χ1n) is 9.38. The van der Waals surface area contributed by atoms with Gasteiger partial charge in [0.1, 0.15) is 11.9 Å². The predicted molar refractivity (Wildman–Crippen MR) is 108 cm³/mol. The van der Waals surface area contributed by atoms with Gasteiger partial charge >= 0.3 is 0 Å². The quantitative estimate of drug-likeness (QED) is 0.526. The van der Waals surface area contributed by atoms with Crippen LogP contribution in [0, 0.1) is 0 Å². The van der Waals surface area contributed by atoms with Crippen LogP contribution in [-0.4, -0.2) is 30.7 Å². The van der Waals surface area contributed by atoms with Crippen molar-refractivity contribution in [1.29, 1.82) is 0 Å². The lowest BCUT2D eigenvalue weighted by Crippen LogP contribution is -2.35. The molecule has 0 radical (unpaired) electrons. The Morgan fingerprint density at radius 1 is 1.00 bits per heavy atom. The Bertz CT molecular complexity index is 1260. The molecule has 0 saturated carbocycles. The van der Waals surface area contributed by atoms with Crippen LogP contribution in [0.15, 0.2) is 59.5 Å². The second kappa shape index (κ2) is 6.66. The molecule has 3 heterocycles. The first-order chi connectivity index (χ1) is 14.1. The summed E-state index contributed by atoms with van der Waals surface area (Å²) in [4.78, 5) is 27.9. The van der Waals surface area contributed by atoms with Crippen LogP contribution in [0.25, 0.3) is 11.0 Å². The van der Waals surface area contributed by atoms with Gasteiger partial charge < -0.3 is 0 Å². The van der Waals surface area contributed by atoms with E-state index < -0.39 is 0 Å². The Morgan fingerprint density at radius 3 is 2.28 bits per heavy atom. The summed E-state index contributed by atoms with van der Waals surface area (Å²) < 4.78 is 2.58. The zero-order chi connectivity index (χ0) is 20.0. The average Bonchev–Trinajstić information content (AvgIpc) is 3.02. The van der Waals surface area contributed by atoms with Gasteiger partial charge in [0.15, 0.2) is 5.65 Å². The van der Waals surface area contributed by atoms with Crippen LogP contribution in [0.3, 0.4) is 0 Å². The first-order valence-corrected chi connectivity index (χ1v) is 9.38. The van der Waals surface area contributed by atoms with E-state index in [4.69, 9.17) is 0 Å². The van der Waals surface area contributed by atoms with Gasteiger partial charge in [0.25, 0.3) is 11.5 Å². The van der Waals surface area contributed by atoms with Crippen molar-refractivity contribution in [2.24, 2.45) is 7.05 Å². The Hall–Kier alpha value is -3.81. The Kier molecular flexibility index (Phi) is 3.97. The van der Waals surface area contributed by atoms with Crippen LogP contribution in [0.1, 0.15) is 11.1 Å². The molecule has 144 valence electrons. The van der Waals surface area contributed by atoms with E-state index in [1.165, 1.54) is 10.9 Å². The van der Waals surface area contributed by atoms with Crippen LogP contribution >= 0.6 is 0 Å².